The number of methoxy groups -OCH3 is 2. The Balaban J connectivity index is 1.64. The molecule has 4 fully saturated rings. The zero-order valence-electron chi connectivity index (χ0n) is 21.4. The number of benzene rings is 1. The van der Waals surface area contributed by atoms with Crippen molar-refractivity contribution in [3.8, 4) is 17.7 Å². The number of fused-ring (bicyclic) bond motifs is 2. The van der Waals surface area contributed by atoms with Gasteiger partial charge in [0.2, 0.25) is 0 Å². The Morgan fingerprint density at radius 2 is 2.00 bits per heavy atom. The van der Waals surface area contributed by atoms with Crippen LogP contribution in [0.25, 0.3) is 0 Å². The van der Waals surface area contributed by atoms with Crippen LogP contribution >= 0.6 is 0 Å². The molecule has 0 radical (unpaired) electrons. The zero-order chi connectivity index (χ0) is 24.3. The lowest BCUT2D eigenvalue weighted by atomic mass is 9.33. The van der Waals surface area contributed by atoms with Crippen molar-refractivity contribution in [2.24, 2.45) is 16.7 Å². The summed E-state index contributed by atoms with van der Waals surface area (Å²) in [6.07, 6.45) is 7.57. The van der Waals surface area contributed by atoms with Gasteiger partial charge in [0, 0.05) is 42.0 Å². The topological polar surface area (TPSA) is 75.0 Å². The van der Waals surface area contributed by atoms with E-state index in [1.807, 2.05) is 25.0 Å². The van der Waals surface area contributed by atoms with E-state index in [1.165, 1.54) is 11.1 Å². The molecule has 1 aromatic rings. The maximum Gasteiger partial charge on any atom is 0.179 e. The molecule has 0 aromatic heterocycles. The molecule has 34 heavy (non-hydrogen) atoms. The number of nitrogens with zero attached hydrogens (tertiary/aromatic N) is 2. The Morgan fingerprint density at radius 3 is 2.65 bits per heavy atom. The van der Waals surface area contributed by atoms with Crippen LogP contribution in [0.3, 0.4) is 0 Å². The minimum absolute atomic E-state index is 0.102. The third-order valence-corrected chi connectivity index (χ3v) is 11.6. The second kappa shape index (κ2) is 6.62. The number of hydrogen-bond acceptors (Lipinski definition) is 6. The molecule has 3 saturated carbocycles. The van der Waals surface area contributed by atoms with Crippen LogP contribution in [0.4, 0.5) is 0 Å². The smallest absolute Gasteiger partial charge is 0.179 e. The number of likely N-dealkylation sites (tertiary alicyclic amines) is 1. The van der Waals surface area contributed by atoms with E-state index in [4.69, 9.17) is 14.2 Å². The Bertz CT molecular complexity index is 1090. The first kappa shape index (κ1) is 22.5. The first-order chi connectivity index (χ1) is 16.1. The maximum atomic E-state index is 12.3. The van der Waals surface area contributed by atoms with E-state index in [-0.39, 0.29) is 34.3 Å². The summed E-state index contributed by atoms with van der Waals surface area (Å²) in [6, 6.07) is 4.31. The minimum Gasteiger partial charge on any atom is -0.493 e. The summed E-state index contributed by atoms with van der Waals surface area (Å²) < 4.78 is 19.4. The molecule has 1 unspecified atom stereocenters. The second-order valence-electron chi connectivity index (χ2n) is 12.3. The molecule has 6 aliphatic rings. The monoisotopic (exact) mass is 466 g/mol. The molecule has 6 heteroatoms. The maximum absolute atomic E-state index is 12.3. The van der Waals surface area contributed by atoms with Gasteiger partial charge < -0.3 is 24.2 Å². The summed E-state index contributed by atoms with van der Waals surface area (Å²) in [5.74, 6) is 1.55. The molecule has 6 nitrogen and oxygen atoms in total. The Kier molecular flexibility index (Phi) is 4.38. The number of rotatable bonds is 5. The average molecular weight is 467 g/mol. The van der Waals surface area contributed by atoms with E-state index < -0.39 is 11.2 Å². The Morgan fingerprint density at radius 1 is 1.24 bits per heavy atom. The van der Waals surface area contributed by atoms with Crippen molar-refractivity contribution in [3.63, 3.8) is 0 Å². The summed E-state index contributed by atoms with van der Waals surface area (Å²) in [5, 5.41) is 22.5. The first-order valence-corrected chi connectivity index (χ1v) is 12.9. The highest BCUT2D eigenvalue weighted by molar-refractivity contribution is 5.63. The number of piperidine rings is 1. The van der Waals surface area contributed by atoms with Crippen LogP contribution in [-0.2, 0) is 16.6 Å². The third kappa shape index (κ3) is 2.13. The fourth-order valence-electron chi connectivity index (χ4n) is 9.21. The quantitative estimate of drug-likeness (QED) is 0.657. The zero-order valence-corrected chi connectivity index (χ0v) is 21.4. The van der Waals surface area contributed by atoms with Gasteiger partial charge in [0.1, 0.15) is 11.7 Å². The van der Waals surface area contributed by atoms with Gasteiger partial charge in [0.15, 0.2) is 17.7 Å². The van der Waals surface area contributed by atoms with Crippen LogP contribution in [0.2, 0.25) is 0 Å². The van der Waals surface area contributed by atoms with Crippen LogP contribution in [-0.4, -0.2) is 54.1 Å². The molecule has 2 aliphatic heterocycles. The van der Waals surface area contributed by atoms with Gasteiger partial charge in [-0.25, -0.2) is 0 Å². The van der Waals surface area contributed by atoms with Gasteiger partial charge in [-0.2, -0.15) is 5.26 Å². The molecule has 1 N–H and O–H groups in total. The van der Waals surface area contributed by atoms with Crippen molar-refractivity contribution in [1.82, 2.24) is 4.90 Å². The fraction of sp³-hybridized carbons (Fsp3) is 0.750. The molecule has 1 aromatic carbocycles. The average Bonchev–Trinajstić information content (AvgIpc) is 3.20. The number of aliphatic hydroxyl groups is 1. The van der Waals surface area contributed by atoms with Gasteiger partial charge in [-0.1, -0.05) is 26.8 Å². The summed E-state index contributed by atoms with van der Waals surface area (Å²) in [7, 11) is 3.52. The Labute approximate surface area is 203 Å². The van der Waals surface area contributed by atoms with Gasteiger partial charge in [-0.3, -0.25) is 0 Å². The summed E-state index contributed by atoms with van der Waals surface area (Å²) in [6.45, 7) is 9.24. The molecular weight excluding hydrogens is 428 g/mol. The number of nitriles is 1. The highest BCUT2D eigenvalue weighted by Gasteiger charge is 2.82. The first-order valence-electron chi connectivity index (χ1n) is 12.9. The molecule has 1 saturated heterocycles. The fourth-order valence-corrected chi connectivity index (χ4v) is 9.21. The van der Waals surface area contributed by atoms with E-state index in [9.17, 15) is 10.4 Å². The highest BCUT2D eigenvalue weighted by Crippen LogP contribution is 2.78. The van der Waals surface area contributed by atoms with Gasteiger partial charge in [0.25, 0.3) is 0 Å². The number of ether oxygens (including phenoxy) is 3. The van der Waals surface area contributed by atoms with E-state index in [2.05, 4.69) is 33.0 Å². The van der Waals surface area contributed by atoms with Gasteiger partial charge in [-0.05, 0) is 62.5 Å². The third-order valence-electron chi connectivity index (χ3n) is 11.6. The summed E-state index contributed by atoms with van der Waals surface area (Å²) >= 11 is 0. The van der Waals surface area contributed by atoms with Gasteiger partial charge in [0.05, 0.1) is 12.7 Å². The van der Waals surface area contributed by atoms with Gasteiger partial charge in [-0.15, -0.1) is 0 Å². The van der Waals surface area contributed by atoms with Crippen LogP contribution in [0, 0.1) is 28.2 Å². The van der Waals surface area contributed by atoms with E-state index in [1.54, 1.807) is 7.11 Å². The van der Waals surface area contributed by atoms with E-state index in [0.717, 1.165) is 56.6 Å². The molecule has 2 spiro atoms. The lowest BCUT2D eigenvalue weighted by Crippen LogP contribution is -2.83. The second-order valence-corrected chi connectivity index (χ2v) is 12.3. The van der Waals surface area contributed by atoms with Crippen molar-refractivity contribution >= 4 is 0 Å². The molecule has 4 aliphatic carbocycles. The minimum atomic E-state index is -0.957. The van der Waals surface area contributed by atoms with E-state index in [0.29, 0.717) is 0 Å². The van der Waals surface area contributed by atoms with Crippen LogP contribution < -0.4 is 9.47 Å². The van der Waals surface area contributed by atoms with Gasteiger partial charge >= 0.3 is 0 Å². The molecular formula is C28H38N2O4. The molecule has 0 amide bonds. The SMILES string of the molecule is CCC(C)(C)[C@@](C)(O)[C@H]1C[C@]23CC[C@@]1(OC)[C@H]1Oc4c(OC)ccc5c4[C@]12CCN(C#N)C3C5. The predicted molar refractivity (Wildman–Crippen MR) is 128 cm³/mol. The molecule has 4 bridgehead atoms. The summed E-state index contributed by atoms with van der Waals surface area (Å²) in [5.41, 5.74) is 0.368. The lowest BCUT2D eigenvalue weighted by Gasteiger charge is -2.75. The van der Waals surface area contributed by atoms with Crippen molar-refractivity contribution in [1.29, 1.82) is 5.26 Å². The standard InChI is InChI=1S/C28H38N2O4/c1-7-24(2,3)25(4,31)19-15-26-10-11-28(19,33-6)23-27(26)12-13-30(16-29)20(26)14-17-8-9-18(32-5)22(34-23)21(17)27/h8-9,19-20,23,31H,7,10-15H2,1-6H3/t19-,20?,23+,25+,26+,27-,28+/m1/s1. The van der Waals surface area contributed by atoms with E-state index >= 15 is 0 Å². The molecule has 7 rings (SSSR count). The number of hydrogen-bond donors (Lipinski definition) is 1. The van der Waals surface area contributed by atoms with Crippen LogP contribution in [0.15, 0.2) is 12.1 Å². The molecule has 7 atom stereocenters. The summed E-state index contributed by atoms with van der Waals surface area (Å²) in [4.78, 5) is 2.04. The normalized spacial score (nSPS) is 40.8. The van der Waals surface area contributed by atoms with Crippen molar-refractivity contribution in [2.45, 2.75) is 95.0 Å². The Hall–Kier alpha value is -1.97. The van der Waals surface area contributed by atoms with Crippen molar-refractivity contribution < 1.29 is 19.3 Å². The largest absolute Gasteiger partial charge is 0.493 e. The van der Waals surface area contributed by atoms with Crippen LogP contribution in [0.1, 0.15) is 70.9 Å². The molecule has 184 valence electrons. The van der Waals surface area contributed by atoms with Crippen molar-refractivity contribution in [2.75, 3.05) is 20.8 Å². The molecule has 2 heterocycles. The lowest BCUT2D eigenvalue weighted by molar-refractivity contribution is -0.311. The van der Waals surface area contributed by atoms with Crippen molar-refractivity contribution in [3.05, 3.63) is 23.3 Å². The highest BCUT2D eigenvalue weighted by atomic mass is 16.6. The predicted octanol–water partition coefficient (Wildman–Crippen LogP) is 4.18. The van der Waals surface area contributed by atoms with Crippen LogP contribution in [0.5, 0.6) is 11.5 Å².